The highest BCUT2D eigenvalue weighted by Gasteiger charge is 2.32. The van der Waals surface area contributed by atoms with E-state index in [-0.39, 0.29) is 12.5 Å². The summed E-state index contributed by atoms with van der Waals surface area (Å²) in [6.45, 7) is 0.202. The van der Waals surface area contributed by atoms with Gasteiger partial charge in [0.05, 0.1) is 12.1 Å². The number of fused-ring (bicyclic) bond motifs is 1. The third kappa shape index (κ3) is 2.01. The SMILES string of the molecule is NC(=O)CN(c1n[nH]c2cc(Cl)ccc12)C1CC1. The minimum absolute atomic E-state index is 0.202. The molecule has 0 saturated heterocycles. The Bertz CT molecular complexity index is 605. The summed E-state index contributed by atoms with van der Waals surface area (Å²) in [4.78, 5) is 13.1. The molecular formula is C12H13ClN4O. The lowest BCUT2D eigenvalue weighted by atomic mass is 10.2. The van der Waals surface area contributed by atoms with Gasteiger partial charge in [0, 0.05) is 16.5 Å². The second kappa shape index (κ2) is 4.17. The van der Waals surface area contributed by atoms with Crippen molar-refractivity contribution in [2.24, 2.45) is 5.73 Å². The van der Waals surface area contributed by atoms with Gasteiger partial charge >= 0.3 is 0 Å². The van der Waals surface area contributed by atoms with Gasteiger partial charge in [-0.15, -0.1) is 0 Å². The molecule has 0 unspecified atom stereocenters. The standard InChI is InChI=1S/C12H13ClN4O/c13-7-1-4-9-10(5-7)15-16-12(9)17(6-11(14)18)8-2-3-8/h1,4-5,8H,2-3,6H2,(H2,14,18)(H,15,16). The Kier molecular flexibility index (Phi) is 2.63. The summed E-state index contributed by atoms with van der Waals surface area (Å²) in [5.74, 6) is 0.440. The molecule has 1 amide bonds. The van der Waals surface area contributed by atoms with Crippen molar-refractivity contribution in [3.63, 3.8) is 0 Å². The fourth-order valence-corrected chi connectivity index (χ4v) is 2.30. The Morgan fingerprint density at radius 1 is 1.56 bits per heavy atom. The first-order valence-electron chi connectivity index (χ1n) is 5.84. The summed E-state index contributed by atoms with van der Waals surface area (Å²) in [6, 6.07) is 5.92. The van der Waals surface area contributed by atoms with Gasteiger partial charge in [0.15, 0.2) is 5.82 Å². The number of hydrogen-bond acceptors (Lipinski definition) is 3. The maximum atomic E-state index is 11.1. The first-order chi connectivity index (χ1) is 8.65. The molecule has 18 heavy (non-hydrogen) atoms. The van der Waals surface area contributed by atoms with Crippen molar-refractivity contribution in [3.05, 3.63) is 23.2 Å². The van der Waals surface area contributed by atoms with Crippen LogP contribution >= 0.6 is 11.6 Å². The van der Waals surface area contributed by atoms with Crippen molar-refractivity contribution in [1.29, 1.82) is 0 Å². The van der Waals surface area contributed by atoms with E-state index in [1.807, 2.05) is 23.1 Å². The second-order valence-electron chi connectivity index (χ2n) is 4.56. The van der Waals surface area contributed by atoms with Crippen LogP contribution in [-0.2, 0) is 4.79 Å². The number of rotatable bonds is 4. The molecule has 0 radical (unpaired) electrons. The maximum Gasteiger partial charge on any atom is 0.237 e. The molecule has 3 rings (SSSR count). The number of primary amides is 1. The van der Waals surface area contributed by atoms with Crippen molar-refractivity contribution >= 4 is 34.2 Å². The monoisotopic (exact) mass is 264 g/mol. The van der Waals surface area contributed by atoms with Crippen molar-refractivity contribution in [2.45, 2.75) is 18.9 Å². The number of aromatic amines is 1. The molecule has 6 heteroatoms. The summed E-state index contributed by atoms with van der Waals surface area (Å²) in [5, 5.41) is 8.85. The zero-order valence-electron chi connectivity index (χ0n) is 9.69. The van der Waals surface area contributed by atoms with E-state index in [4.69, 9.17) is 17.3 Å². The number of hydrogen-bond donors (Lipinski definition) is 2. The molecule has 2 aromatic rings. The lowest BCUT2D eigenvalue weighted by Crippen LogP contribution is -2.35. The zero-order chi connectivity index (χ0) is 12.7. The minimum atomic E-state index is -0.341. The van der Waals surface area contributed by atoms with E-state index in [2.05, 4.69) is 10.2 Å². The molecule has 0 atom stereocenters. The maximum absolute atomic E-state index is 11.1. The third-order valence-electron chi connectivity index (χ3n) is 3.09. The number of nitrogens with two attached hydrogens (primary N) is 1. The number of carbonyl (C=O) groups is 1. The fourth-order valence-electron chi connectivity index (χ4n) is 2.13. The molecule has 1 aromatic carbocycles. The molecule has 0 spiro atoms. The number of amides is 1. The van der Waals surface area contributed by atoms with Crippen molar-refractivity contribution in [3.8, 4) is 0 Å². The van der Waals surface area contributed by atoms with Crippen LogP contribution in [0.25, 0.3) is 10.9 Å². The van der Waals surface area contributed by atoms with Gasteiger partial charge in [-0.05, 0) is 31.0 Å². The summed E-state index contributed by atoms with van der Waals surface area (Å²) in [6.07, 6.45) is 2.16. The predicted molar refractivity (Wildman–Crippen MR) is 70.7 cm³/mol. The van der Waals surface area contributed by atoms with Crippen LogP contribution < -0.4 is 10.6 Å². The Labute approximate surface area is 109 Å². The second-order valence-corrected chi connectivity index (χ2v) is 5.00. The molecule has 94 valence electrons. The van der Waals surface area contributed by atoms with Crippen LogP contribution in [0.15, 0.2) is 18.2 Å². The zero-order valence-corrected chi connectivity index (χ0v) is 10.4. The number of benzene rings is 1. The molecule has 1 heterocycles. The lowest BCUT2D eigenvalue weighted by Gasteiger charge is -2.20. The number of anilines is 1. The van der Waals surface area contributed by atoms with Gasteiger partial charge < -0.3 is 10.6 Å². The van der Waals surface area contributed by atoms with Gasteiger partial charge in [-0.25, -0.2) is 0 Å². The third-order valence-corrected chi connectivity index (χ3v) is 3.33. The van der Waals surface area contributed by atoms with E-state index in [1.54, 1.807) is 0 Å². The highest BCUT2D eigenvalue weighted by Crippen LogP contribution is 2.34. The van der Waals surface area contributed by atoms with E-state index >= 15 is 0 Å². The van der Waals surface area contributed by atoms with E-state index in [0.717, 1.165) is 29.6 Å². The Morgan fingerprint density at radius 3 is 3.00 bits per heavy atom. The van der Waals surface area contributed by atoms with Crippen LogP contribution in [0, 0.1) is 0 Å². The average molecular weight is 265 g/mol. The number of H-pyrrole nitrogens is 1. The average Bonchev–Trinajstić information content (AvgIpc) is 3.07. The van der Waals surface area contributed by atoms with Gasteiger partial charge in [0.2, 0.25) is 5.91 Å². The van der Waals surface area contributed by atoms with Crippen molar-refractivity contribution in [2.75, 3.05) is 11.4 Å². The molecule has 5 nitrogen and oxygen atoms in total. The van der Waals surface area contributed by atoms with Crippen LogP contribution in [0.3, 0.4) is 0 Å². The summed E-state index contributed by atoms with van der Waals surface area (Å²) < 4.78 is 0. The first kappa shape index (κ1) is 11.3. The van der Waals surface area contributed by atoms with Gasteiger partial charge in [0.25, 0.3) is 0 Å². The summed E-state index contributed by atoms with van der Waals surface area (Å²) in [5.41, 5.74) is 6.16. The van der Waals surface area contributed by atoms with Crippen LogP contribution in [0.5, 0.6) is 0 Å². The normalized spacial score (nSPS) is 14.9. The van der Waals surface area contributed by atoms with Crippen molar-refractivity contribution in [1.82, 2.24) is 10.2 Å². The topological polar surface area (TPSA) is 75.0 Å². The number of aromatic nitrogens is 2. The molecule has 0 aliphatic heterocycles. The van der Waals surface area contributed by atoms with E-state index < -0.39 is 0 Å². The molecule has 1 fully saturated rings. The van der Waals surface area contributed by atoms with Gasteiger partial charge in [-0.1, -0.05) is 11.6 Å². The highest BCUT2D eigenvalue weighted by molar-refractivity contribution is 6.31. The predicted octanol–water partition coefficient (Wildman–Crippen LogP) is 1.67. The molecule has 1 aliphatic rings. The molecule has 1 aliphatic carbocycles. The lowest BCUT2D eigenvalue weighted by molar-refractivity contribution is -0.116. The quantitative estimate of drug-likeness (QED) is 0.882. The molecule has 0 bridgehead atoms. The van der Waals surface area contributed by atoms with E-state index in [9.17, 15) is 4.79 Å². The first-order valence-corrected chi connectivity index (χ1v) is 6.21. The molecule has 3 N–H and O–H groups in total. The Balaban J connectivity index is 2.03. The Hall–Kier alpha value is -1.75. The summed E-state index contributed by atoms with van der Waals surface area (Å²) in [7, 11) is 0. The molecule has 1 saturated carbocycles. The van der Waals surface area contributed by atoms with Gasteiger partial charge in [-0.3, -0.25) is 9.89 Å². The van der Waals surface area contributed by atoms with E-state index in [0.29, 0.717) is 11.1 Å². The number of nitrogens with zero attached hydrogens (tertiary/aromatic N) is 2. The van der Waals surface area contributed by atoms with Crippen molar-refractivity contribution < 1.29 is 4.79 Å². The minimum Gasteiger partial charge on any atom is -0.368 e. The fraction of sp³-hybridized carbons (Fsp3) is 0.333. The van der Waals surface area contributed by atoms with Crippen LogP contribution in [-0.4, -0.2) is 28.7 Å². The molecular weight excluding hydrogens is 252 g/mol. The highest BCUT2D eigenvalue weighted by atomic mass is 35.5. The van der Waals surface area contributed by atoms with E-state index in [1.165, 1.54) is 0 Å². The Morgan fingerprint density at radius 2 is 2.33 bits per heavy atom. The number of carbonyl (C=O) groups excluding carboxylic acids is 1. The smallest absolute Gasteiger partial charge is 0.237 e. The largest absolute Gasteiger partial charge is 0.368 e. The van der Waals surface area contributed by atoms with Crippen LogP contribution in [0.4, 0.5) is 5.82 Å². The number of nitrogens with one attached hydrogen (secondary N) is 1. The number of halogens is 1. The van der Waals surface area contributed by atoms with Gasteiger partial charge in [-0.2, -0.15) is 5.10 Å². The summed E-state index contributed by atoms with van der Waals surface area (Å²) >= 11 is 5.93. The van der Waals surface area contributed by atoms with Crippen LogP contribution in [0.2, 0.25) is 5.02 Å². The van der Waals surface area contributed by atoms with Crippen LogP contribution in [0.1, 0.15) is 12.8 Å². The van der Waals surface area contributed by atoms with Gasteiger partial charge in [0.1, 0.15) is 0 Å². The molecule has 1 aromatic heterocycles.